The summed E-state index contributed by atoms with van der Waals surface area (Å²) in [6.45, 7) is 1.82. The quantitative estimate of drug-likeness (QED) is 0.553. The Balaban J connectivity index is 1.40. The van der Waals surface area contributed by atoms with Crippen LogP contribution < -0.4 is 10.6 Å². The van der Waals surface area contributed by atoms with E-state index in [0.717, 1.165) is 11.4 Å². The summed E-state index contributed by atoms with van der Waals surface area (Å²) in [7, 11) is 0. The molecule has 9 heteroatoms. The van der Waals surface area contributed by atoms with Gasteiger partial charge in [0.15, 0.2) is 11.6 Å². The molecule has 0 spiro atoms. The predicted molar refractivity (Wildman–Crippen MR) is 104 cm³/mol. The lowest BCUT2D eigenvalue weighted by atomic mass is 10.2. The molecule has 0 atom stereocenters. The van der Waals surface area contributed by atoms with Gasteiger partial charge in [0, 0.05) is 23.8 Å². The van der Waals surface area contributed by atoms with Gasteiger partial charge in [-0.2, -0.15) is 5.10 Å². The maximum Gasteiger partial charge on any atom is 0.267 e. The van der Waals surface area contributed by atoms with Crippen molar-refractivity contribution < 1.29 is 4.79 Å². The molecule has 0 aliphatic carbocycles. The minimum absolute atomic E-state index is 0.157. The number of nitrogens with zero attached hydrogens (tertiary/aromatic N) is 5. The van der Waals surface area contributed by atoms with Crippen LogP contribution in [0.5, 0.6) is 0 Å². The number of anilines is 3. The molecule has 0 saturated carbocycles. The highest BCUT2D eigenvalue weighted by Crippen LogP contribution is 2.19. The van der Waals surface area contributed by atoms with Crippen LogP contribution in [0.25, 0.3) is 5.82 Å². The molecule has 4 aromatic rings. The van der Waals surface area contributed by atoms with Gasteiger partial charge in [-0.05, 0) is 49.4 Å². The third-order valence-corrected chi connectivity index (χ3v) is 4.68. The van der Waals surface area contributed by atoms with Gasteiger partial charge in [-0.1, -0.05) is 0 Å². The van der Waals surface area contributed by atoms with Crippen molar-refractivity contribution in [1.82, 2.24) is 25.0 Å². The van der Waals surface area contributed by atoms with Crippen molar-refractivity contribution in [2.24, 2.45) is 0 Å². The molecule has 1 aromatic carbocycles. The Labute approximate surface area is 158 Å². The van der Waals surface area contributed by atoms with Crippen molar-refractivity contribution in [2.45, 2.75) is 6.92 Å². The zero-order valence-electron chi connectivity index (χ0n) is 14.3. The van der Waals surface area contributed by atoms with E-state index in [9.17, 15) is 4.79 Å². The van der Waals surface area contributed by atoms with Crippen LogP contribution in [0.2, 0.25) is 0 Å². The first-order valence-electron chi connectivity index (χ1n) is 8.11. The summed E-state index contributed by atoms with van der Waals surface area (Å²) in [6.07, 6.45) is 3.49. The SMILES string of the molecule is Cc1ncsc1C(=O)Nc1ccc(Nc2ccc(-n3cccn3)nn2)cc1. The number of carbonyl (C=O) groups excluding carboxylic acids is 1. The first-order valence-corrected chi connectivity index (χ1v) is 8.99. The van der Waals surface area contributed by atoms with E-state index < -0.39 is 0 Å². The van der Waals surface area contributed by atoms with Crippen LogP contribution in [0.4, 0.5) is 17.2 Å². The molecule has 1 amide bonds. The second kappa shape index (κ2) is 7.34. The number of aromatic nitrogens is 5. The number of benzene rings is 1. The summed E-state index contributed by atoms with van der Waals surface area (Å²) in [5.74, 6) is 1.10. The summed E-state index contributed by atoms with van der Waals surface area (Å²) < 4.78 is 1.64. The van der Waals surface area contributed by atoms with Crippen LogP contribution in [-0.4, -0.2) is 30.9 Å². The molecule has 0 radical (unpaired) electrons. The predicted octanol–water partition coefficient (Wildman–Crippen LogP) is 3.42. The molecular weight excluding hydrogens is 362 g/mol. The zero-order valence-corrected chi connectivity index (χ0v) is 15.1. The molecule has 3 heterocycles. The fourth-order valence-corrected chi connectivity index (χ4v) is 3.11. The summed E-state index contributed by atoms with van der Waals surface area (Å²) in [4.78, 5) is 16.9. The van der Waals surface area contributed by atoms with E-state index in [1.165, 1.54) is 11.3 Å². The molecule has 4 rings (SSSR count). The number of nitrogens with one attached hydrogen (secondary N) is 2. The summed E-state index contributed by atoms with van der Waals surface area (Å²) in [6, 6.07) is 12.8. The molecule has 0 fully saturated rings. The first-order chi connectivity index (χ1) is 13.2. The number of rotatable bonds is 5. The van der Waals surface area contributed by atoms with Gasteiger partial charge in [-0.25, -0.2) is 9.67 Å². The molecule has 3 aromatic heterocycles. The zero-order chi connectivity index (χ0) is 18.6. The molecule has 0 bridgehead atoms. The third-order valence-electron chi connectivity index (χ3n) is 3.76. The number of amides is 1. The van der Waals surface area contributed by atoms with Gasteiger partial charge in [0.25, 0.3) is 5.91 Å². The van der Waals surface area contributed by atoms with Crippen molar-refractivity contribution >= 4 is 34.4 Å². The van der Waals surface area contributed by atoms with Crippen LogP contribution >= 0.6 is 11.3 Å². The van der Waals surface area contributed by atoms with Gasteiger partial charge in [-0.15, -0.1) is 21.5 Å². The Morgan fingerprint density at radius 3 is 2.52 bits per heavy atom. The Morgan fingerprint density at radius 2 is 1.89 bits per heavy atom. The minimum atomic E-state index is -0.157. The fourth-order valence-electron chi connectivity index (χ4n) is 2.41. The smallest absolute Gasteiger partial charge is 0.267 e. The van der Waals surface area contributed by atoms with E-state index in [-0.39, 0.29) is 5.91 Å². The Hall–Kier alpha value is -3.59. The number of carbonyl (C=O) groups is 1. The van der Waals surface area contributed by atoms with Crippen LogP contribution in [0.1, 0.15) is 15.4 Å². The number of aryl methyl sites for hydroxylation is 1. The average Bonchev–Trinajstić information content (AvgIpc) is 3.36. The highest BCUT2D eigenvalue weighted by atomic mass is 32.1. The van der Waals surface area contributed by atoms with Crippen molar-refractivity contribution in [3.63, 3.8) is 0 Å². The van der Waals surface area contributed by atoms with E-state index in [2.05, 4.69) is 30.9 Å². The van der Waals surface area contributed by atoms with Crippen LogP contribution in [0, 0.1) is 6.92 Å². The van der Waals surface area contributed by atoms with Gasteiger partial charge in [0.1, 0.15) is 4.88 Å². The molecule has 0 aliphatic heterocycles. The third kappa shape index (κ3) is 3.82. The lowest BCUT2D eigenvalue weighted by molar-refractivity contribution is 0.103. The second-order valence-electron chi connectivity index (χ2n) is 5.65. The number of thiazole rings is 1. The number of hydrogen-bond acceptors (Lipinski definition) is 7. The minimum Gasteiger partial charge on any atom is -0.339 e. The first kappa shape index (κ1) is 16.9. The van der Waals surface area contributed by atoms with E-state index >= 15 is 0 Å². The van der Waals surface area contributed by atoms with Gasteiger partial charge in [-0.3, -0.25) is 4.79 Å². The van der Waals surface area contributed by atoms with Crippen LogP contribution in [-0.2, 0) is 0 Å². The van der Waals surface area contributed by atoms with Crippen molar-refractivity contribution in [3.05, 3.63) is 70.9 Å². The summed E-state index contributed by atoms with van der Waals surface area (Å²) in [5, 5.41) is 18.4. The maximum atomic E-state index is 12.2. The van der Waals surface area contributed by atoms with Crippen LogP contribution in [0.15, 0.2) is 60.4 Å². The molecule has 0 unspecified atom stereocenters. The highest BCUT2D eigenvalue weighted by Gasteiger charge is 2.11. The van der Waals surface area contributed by atoms with Crippen LogP contribution in [0.3, 0.4) is 0 Å². The largest absolute Gasteiger partial charge is 0.339 e. The van der Waals surface area contributed by atoms with Gasteiger partial charge in [0.05, 0.1) is 11.2 Å². The molecule has 0 aliphatic rings. The molecular formula is C18H15N7OS. The van der Waals surface area contributed by atoms with E-state index in [4.69, 9.17) is 0 Å². The maximum absolute atomic E-state index is 12.2. The Kier molecular flexibility index (Phi) is 4.58. The average molecular weight is 377 g/mol. The highest BCUT2D eigenvalue weighted by molar-refractivity contribution is 7.12. The lowest BCUT2D eigenvalue weighted by Crippen LogP contribution is -2.11. The fraction of sp³-hybridized carbons (Fsp3) is 0.0556. The molecule has 0 saturated heterocycles. The van der Waals surface area contributed by atoms with Crippen molar-refractivity contribution in [1.29, 1.82) is 0 Å². The molecule has 27 heavy (non-hydrogen) atoms. The molecule has 8 nitrogen and oxygen atoms in total. The van der Waals surface area contributed by atoms with Crippen molar-refractivity contribution in [3.8, 4) is 5.82 Å². The summed E-state index contributed by atoms with van der Waals surface area (Å²) in [5.41, 5.74) is 3.94. The van der Waals surface area contributed by atoms with Crippen molar-refractivity contribution in [2.75, 3.05) is 10.6 Å². The lowest BCUT2D eigenvalue weighted by Gasteiger charge is -2.08. The normalized spacial score (nSPS) is 10.6. The molecule has 134 valence electrons. The monoisotopic (exact) mass is 377 g/mol. The van der Waals surface area contributed by atoms with E-state index in [0.29, 0.717) is 22.2 Å². The van der Waals surface area contributed by atoms with Gasteiger partial charge in [0.2, 0.25) is 0 Å². The Bertz CT molecular complexity index is 1040. The topological polar surface area (TPSA) is 97.6 Å². The molecule has 2 N–H and O–H groups in total. The van der Waals surface area contributed by atoms with E-state index in [1.54, 1.807) is 22.6 Å². The van der Waals surface area contributed by atoms with E-state index in [1.807, 2.05) is 49.4 Å². The standard InChI is InChI=1S/C18H15N7OS/c1-12-17(27-11-19-12)18(26)22-14-5-3-13(4-6-14)21-15-7-8-16(24-23-15)25-10-2-9-20-25/h2-11H,1H3,(H,21,23)(H,22,26). The Morgan fingerprint density at radius 1 is 1.07 bits per heavy atom. The van der Waals surface area contributed by atoms with Gasteiger partial charge >= 0.3 is 0 Å². The number of hydrogen-bond donors (Lipinski definition) is 2. The summed E-state index contributed by atoms with van der Waals surface area (Å²) >= 11 is 1.33. The second-order valence-corrected chi connectivity index (χ2v) is 6.51. The van der Waals surface area contributed by atoms with Gasteiger partial charge < -0.3 is 10.6 Å².